The second-order valence-corrected chi connectivity index (χ2v) is 15.8. The maximum absolute atomic E-state index is 9.94. The number of aromatic nitrogens is 2. The first kappa shape index (κ1) is 34.0. The van der Waals surface area contributed by atoms with Gasteiger partial charge in [-0.15, -0.1) is 0 Å². The minimum atomic E-state index is -0.605. The van der Waals surface area contributed by atoms with Gasteiger partial charge in [-0.1, -0.05) is 188 Å². The Kier molecular flexibility index (Phi) is 8.03. The molecule has 0 unspecified atom stereocenters. The maximum Gasteiger partial charge on any atom is 0.161 e. The van der Waals surface area contributed by atoms with Gasteiger partial charge >= 0.3 is 0 Å². The average Bonchev–Trinajstić information content (AvgIpc) is 3.60. The van der Waals surface area contributed by atoms with Gasteiger partial charge in [-0.05, 0) is 79.9 Å². The summed E-state index contributed by atoms with van der Waals surface area (Å²) in [6, 6.07) is 73.1. The van der Waals surface area contributed by atoms with Crippen molar-refractivity contribution in [3.8, 4) is 73.4 Å². The zero-order chi connectivity index (χ0) is 38.6. The normalized spacial score (nSPS) is 12.9. The Morgan fingerprint density at radius 2 is 0.862 bits per heavy atom. The predicted molar refractivity (Wildman–Crippen MR) is 235 cm³/mol. The van der Waals surface area contributed by atoms with Crippen molar-refractivity contribution in [1.82, 2.24) is 9.97 Å². The smallest absolute Gasteiger partial charge is 0.161 e. The molecular weight excluding hydrogens is 723 g/mol. The Morgan fingerprint density at radius 3 is 1.55 bits per heavy atom. The molecule has 1 aliphatic heterocycles. The minimum Gasteiger partial charge on any atom is -0.228 e. The standard InChI is InChI=1S/C54H33N3S/c55-34-35-15-11-21-39(31-35)41-25-13-29-47-51(41)58-52-44(26-14-30-48(52)54(47)45-27-9-7-23-42(45)43-24-8-10-28-46(43)54)53-56-49(37-18-5-2-6-19-37)33-50(57-53)40-22-12-20-38(32-40)36-16-3-1-4-17-36/h1-33H. The molecule has 0 saturated carbocycles. The average molecular weight is 756 g/mol. The quantitative estimate of drug-likeness (QED) is 0.175. The van der Waals surface area contributed by atoms with Gasteiger partial charge in [0.25, 0.3) is 0 Å². The molecule has 9 aromatic rings. The summed E-state index contributed by atoms with van der Waals surface area (Å²) in [5.41, 5.74) is 16.7. The van der Waals surface area contributed by atoms with Crippen LogP contribution >= 0.6 is 11.8 Å². The molecule has 4 heteroatoms. The van der Waals surface area contributed by atoms with Crippen LogP contribution in [0.15, 0.2) is 210 Å². The molecule has 1 aliphatic carbocycles. The van der Waals surface area contributed by atoms with Crippen molar-refractivity contribution in [2.75, 3.05) is 0 Å². The van der Waals surface area contributed by atoms with E-state index in [2.05, 4.69) is 176 Å². The summed E-state index contributed by atoms with van der Waals surface area (Å²) < 4.78 is 0. The molecule has 0 amide bonds. The van der Waals surface area contributed by atoms with Gasteiger partial charge < -0.3 is 0 Å². The third-order valence-electron chi connectivity index (χ3n) is 11.6. The molecule has 3 nitrogen and oxygen atoms in total. The third-order valence-corrected chi connectivity index (χ3v) is 12.9. The highest BCUT2D eigenvalue weighted by molar-refractivity contribution is 7.99. The lowest BCUT2D eigenvalue weighted by Crippen LogP contribution is -2.32. The Morgan fingerprint density at radius 1 is 0.379 bits per heavy atom. The van der Waals surface area contributed by atoms with Gasteiger partial charge in [0.05, 0.1) is 28.4 Å². The van der Waals surface area contributed by atoms with Crippen molar-refractivity contribution >= 4 is 11.8 Å². The number of hydrogen-bond donors (Lipinski definition) is 0. The van der Waals surface area contributed by atoms with Crippen molar-refractivity contribution in [3.63, 3.8) is 0 Å². The van der Waals surface area contributed by atoms with Crippen LogP contribution in [0.3, 0.4) is 0 Å². The summed E-state index contributed by atoms with van der Waals surface area (Å²) in [6.45, 7) is 0. The Labute approximate surface area is 342 Å². The van der Waals surface area contributed by atoms with Crippen LogP contribution in [0.5, 0.6) is 0 Å². The summed E-state index contributed by atoms with van der Waals surface area (Å²) >= 11 is 1.79. The molecule has 1 aromatic heterocycles. The summed E-state index contributed by atoms with van der Waals surface area (Å²) in [7, 11) is 0. The van der Waals surface area contributed by atoms with E-state index in [1.807, 2.05) is 30.3 Å². The van der Waals surface area contributed by atoms with Crippen molar-refractivity contribution in [2.24, 2.45) is 0 Å². The van der Waals surface area contributed by atoms with E-state index in [0.29, 0.717) is 11.4 Å². The van der Waals surface area contributed by atoms with Crippen LogP contribution in [0.4, 0.5) is 0 Å². The van der Waals surface area contributed by atoms with E-state index in [0.717, 1.165) is 55.2 Å². The van der Waals surface area contributed by atoms with Crippen LogP contribution in [0.25, 0.3) is 67.3 Å². The topological polar surface area (TPSA) is 49.6 Å². The number of nitriles is 1. The fraction of sp³-hybridized carbons (Fsp3) is 0.0185. The van der Waals surface area contributed by atoms with E-state index in [-0.39, 0.29) is 0 Å². The largest absolute Gasteiger partial charge is 0.228 e. The SMILES string of the molecule is N#Cc1cccc(-c2cccc3c2Sc2c(-c4nc(-c5ccccc5)cc(-c5cccc(-c6ccccc6)c5)n4)cccc2C32c3ccccc3-c3ccccc32)c1. The second-order valence-electron chi connectivity index (χ2n) is 14.8. The number of fused-ring (bicyclic) bond motifs is 9. The van der Waals surface area contributed by atoms with Crippen LogP contribution < -0.4 is 0 Å². The fourth-order valence-electron chi connectivity index (χ4n) is 9.07. The van der Waals surface area contributed by atoms with E-state index >= 15 is 0 Å². The fourth-order valence-corrected chi connectivity index (χ4v) is 10.5. The highest BCUT2D eigenvalue weighted by atomic mass is 32.2. The first-order chi connectivity index (χ1) is 28.7. The summed E-state index contributed by atoms with van der Waals surface area (Å²) in [4.78, 5) is 13.1. The van der Waals surface area contributed by atoms with Crippen LogP contribution in [0.2, 0.25) is 0 Å². The molecule has 0 fully saturated rings. The van der Waals surface area contributed by atoms with Gasteiger partial charge in [-0.25, -0.2) is 9.97 Å². The Balaban J connectivity index is 1.20. The van der Waals surface area contributed by atoms with Gasteiger partial charge in [0.2, 0.25) is 0 Å². The number of rotatable bonds is 5. The first-order valence-electron chi connectivity index (χ1n) is 19.5. The van der Waals surface area contributed by atoms with E-state index in [1.54, 1.807) is 11.8 Å². The summed E-state index contributed by atoms with van der Waals surface area (Å²) in [5, 5.41) is 9.94. The zero-order valence-corrected chi connectivity index (χ0v) is 32.1. The van der Waals surface area contributed by atoms with Gasteiger partial charge in [0, 0.05) is 26.5 Å². The van der Waals surface area contributed by atoms with Crippen LogP contribution in [-0.4, -0.2) is 9.97 Å². The molecule has 0 bridgehead atoms. The second kappa shape index (κ2) is 13.7. The van der Waals surface area contributed by atoms with Crippen molar-refractivity contribution in [2.45, 2.75) is 15.2 Å². The molecule has 2 heterocycles. The van der Waals surface area contributed by atoms with Crippen molar-refractivity contribution < 1.29 is 0 Å². The van der Waals surface area contributed by atoms with Gasteiger partial charge in [-0.2, -0.15) is 5.26 Å². The van der Waals surface area contributed by atoms with Crippen LogP contribution in [0.1, 0.15) is 27.8 Å². The predicted octanol–water partition coefficient (Wildman–Crippen LogP) is 13.5. The summed E-state index contributed by atoms with van der Waals surface area (Å²) in [6.07, 6.45) is 0. The molecule has 270 valence electrons. The summed E-state index contributed by atoms with van der Waals surface area (Å²) in [5.74, 6) is 0.674. The van der Waals surface area contributed by atoms with Gasteiger partial charge in [-0.3, -0.25) is 0 Å². The molecule has 8 aromatic carbocycles. The molecule has 11 rings (SSSR count). The van der Waals surface area contributed by atoms with Crippen LogP contribution in [-0.2, 0) is 5.41 Å². The number of hydrogen-bond acceptors (Lipinski definition) is 4. The zero-order valence-electron chi connectivity index (χ0n) is 31.3. The highest BCUT2D eigenvalue weighted by Crippen LogP contribution is 2.64. The maximum atomic E-state index is 9.94. The molecule has 1 spiro atoms. The monoisotopic (exact) mass is 755 g/mol. The van der Waals surface area contributed by atoms with Gasteiger partial charge in [0.15, 0.2) is 5.82 Å². The number of benzene rings is 8. The van der Waals surface area contributed by atoms with Crippen molar-refractivity contribution in [3.05, 3.63) is 228 Å². The van der Waals surface area contributed by atoms with E-state index in [9.17, 15) is 5.26 Å². The Bertz CT molecular complexity index is 3060. The number of nitrogens with zero attached hydrogens (tertiary/aromatic N) is 3. The molecule has 2 aliphatic rings. The van der Waals surface area contributed by atoms with Gasteiger partial charge in [0.1, 0.15) is 0 Å². The molecule has 0 atom stereocenters. The molecule has 58 heavy (non-hydrogen) atoms. The lowest BCUT2D eigenvalue weighted by molar-refractivity contribution is 0.723. The van der Waals surface area contributed by atoms with E-state index in [1.165, 1.54) is 38.3 Å². The third kappa shape index (κ3) is 5.29. The van der Waals surface area contributed by atoms with Crippen molar-refractivity contribution in [1.29, 1.82) is 5.26 Å². The molecule has 0 saturated heterocycles. The van der Waals surface area contributed by atoms with Crippen LogP contribution in [0, 0.1) is 11.3 Å². The molecule has 0 radical (unpaired) electrons. The Hall–Kier alpha value is -7.32. The molecule has 0 N–H and O–H groups in total. The lowest BCUT2D eigenvalue weighted by Gasteiger charge is -2.41. The molecular formula is C54H33N3S. The highest BCUT2D eigenvalue weighted by Gasteiger charge is 2.51. The first-order valence-corrected chi connectivity index (χ1v) is 20.3. The lowest BCUT2D eigenvalue weighted by atomic mass is 9.66. The van der Waals surface area contributed by atoms with E-state index in [4.69, 9.17) is 9.97 Å². The minimum absolute atomic E-state index is 0.605. The van der Waals surface area contributed by atoms with E-state index < -0.39 is 5.41 Å².